The molecule has 13 heavy (non-hydrogen) atoms. The van der Waals surface area contributed by atoms with Gasteiger partial charge >= 0.3 is 0 Å². The Kier molecular flexibility index (Phi) is 2.06. The number of aliphatic hydroxyl groups excluding tert-OH is 1. The number of aromatic amines is 1. The Labute approximate surface area is 75.3 Å². The standard InChI is InChI=1S/C9H9N3O/c13-6-7-1-3-10-5-8(7)9-2-4-11-12-9/h1-5,13H,6H2,(H,11,12). The van der Waals surface area contributed by atoms with Crippen molar-refractivity contribution in [3.8, 4) is 11.3 Å². The second-order valence-corrected chi connectivity index (χ2v) is 2.66. The van der Waals surface area contributed by atoms with Crippen molar-refractivity contribution in [3.05, 3.63) is 36.3 Å². The van der Waals surface area contributed by atoms with Gasteiger partial charge in [-0.15, -0.1) is 0 Å². The third-order valence-corrected chi connectivity index (χ3v) is 1.87. The van der Waals surface area contributed by atoms with E-state index in [1.54, 1.807) is 24.7 Å². The van der Waals surface area contributed by atoms with E-state index in [1.165, 1.54) is 0 Å². The molecule has 0 saturated heterocycles. The zero-order valence-corrected chi connectivity index (χ0v) is 6.94. The number of pyridine rings is 1. The van der Waals surface area contributed by atoms with Crippen LogP contribution in [0.1, 0.15) is 5.56 Å². The van der Waals surface area contributed by atoms with Gasteiger partial charge in [0.05, 0.1) is 12.3 Å². The van der Waals surface area contributed by atoms with Gasteiger partial charge in [0.25, 0.3) is 0 Å². The van der Waals surface area contributed by atoms with Crippen LogP contribution in [0.25, 0.3) is 11.3 Å². The summed E-state index contributed by atoms with van der Waals surface area (Å²) in [4.78, 5) is 3.99. The van der Waals surface area contributed by atoms with Gasteiger partial charge in [-0.1, -0.05) is 0 Å². The maximum absolute atomic E-state index is 9.06. The lowest BCUT2D eigenvalue weighted by atomic mass is 10.1. The Bertz CT molecular complexity index is 384. The fraction of sp³-hybridized carbons (Fsp3) is 0.111. The van der Waals surface area contributed by atoms with Gasteiger partial charge in [0, 0.05) is 24.2 Å². The van der Waals surface area contributed by atoms with E-state index >= 15 is 0 Å². The van der Waals surface area contributed by atoms with Crippen molar-refractivity contribution >= 4 is 0 Å². The van der Waals surface area contributed by atoms with Crippen LogP contribution < -0.4 is 0 Å². The molecule has 0 spiro atoms. The summed E-state index contributed by atoms with van der Waals surface area (Å²) < 4.78 is 0. The Balaban J connectivity index is 2.51. The van der Waals surface area contributed by atoms with Crippen LogP contribution in [0.2, 0.25) is 0 Å². The van der Waals surface area contributed by atoms with Gasteiger partial charge < -0.3 is 5.11 Å². The normalized spacial score (nSPS) is 10.2. The molecular weight excluding hydrogens is 166 g/mol. The quantitative estimate of drug-likeness (QED) is 0.714. The third kappa shape index (κ3) is 1.43. The Morgan fingerprint density at radius 1 is 1.31 bits per heavy atom. The number of aliphatic hydroxyl groups is 1. The van der Waals surface area contributed by atoms with Gasteiger partial charge in [0.15, 0.2) is 0 Å². The lowest BCUT2D eigenvalue weighted by molar-refractivity contribution is 0.282. The molecule has 2 heterocycles. The molecule has 66 valence electrons. The SMILES string of the molecule is OCc1ccncc1-c1ccn[nH]1. The number of H-pyrrole nitrogens is 1. The minimum atomic E-state index is 0.0108. The second kappa shape index (κ2) is 3.37. The molecule has 0 fully saturated rings. The molecule has 4 heteroatoms. The predicted molar refractivity (Wildman–Crippen MR) is 47.7 cm³/mol. The number of hydrogen-bond donors (Lipinski definition) is 2. The molecule has 0 aliphatic heterocycles. The van der Waals surface area contributed by atoms with Crippen LogP contribution in [-0.2, 0) is 6.61 Å². The average Bonchev–Trinajstić information content (AvgIpc) is 2.70. The van der Waals surface area contributed by atoms with Gasteiger partial charge in [0.1, 0.15) is 0 Å². The monoisotopic (exact) mass is 175 g/mol. The molecule has 0 aromatic carbocycles. The number of rotatable bonds is 2. The summed E-state index contributed by atoms with van der Waals surface area (Å²) in [5.74, 6) is 0. The van der Waals surface area contributed by atoms with Crippen molar-refractivity contribution in [2.24, 2.45) is 0 Å². The first-order valence-corrected chi connectivity index (χ1v) is 3.95. The van der Waals surface area contributed by atoms with Gasteiger partial charge in [-0.2, -0.15) is 5.10 Å². The van der Waals surface area contributed by atoms with Gasteiger partial charge in [-0.05, 0) is 17.7 Å². The number of nitrogens with one attached hydrogen (secondary N) is 1. The molecule has 4 nitrogen and oxygen atoms in total. The molecule has 2 rings (SSSR count). The highest BCUT2D eigenvalue weighted by Crippen LogP contribution is 2.19. The molecule has 0 saturated carbocycles. The van der Waals surface area contributed by atoms with Gasteiger partial charge in [-0.25, -0.2) is 0 Å². The fourth-order valence-electron chi connectivity index (χ4n) is 1.21. The number of hydrogen-bond acceptors (Lipinski definition) is 3. The van der Waals surface area contributed by atoms with E-state index in [1.807, 2.05) is 6.07 Å². The highest BCUT2D eigenvalue weighted by atomic mass is 16.3. The first-order chi connectivity index (χ1) is 6.42. The molecule has 2 aromatic heterocycles. The highest BCUT2D eigenvalue weighted by molar-refractivity contribution is 5.61. The Morgan fingerprint density at radius 3 is 2.92 bits per heavy atom. The van der Waals surface area contributed by atoms with Gasteiger partial charge in [0.2, 0.25) is 0 Å². The van der Waals surface area contributed by atoms with Crippen LogP contribution in [0.5, 0.6) is 0 Å². The molecule has 2 N–H and O–H groups in total. The summed E-state index contributed by atoms with van der Waals surface area (Å²) in [7, 11) is 0. The molecule has 0 radical (unpaired) electrons. The Hall–Kier alpha value is -1.68. The zero-order chi connectivity index (χ0) is 9.10. The largest absolute Gasteiger partial charge is 0.392 e. The molecule has 0 bridgehead atoms. The van der Waals surface area contributed by atoms with E-state index in [0.29, 0.717) is 0 Å². The van der Waals surface area contributed by atoms with E-state index in [0.717, 1.165) is 16.8 Å². The van der Waals surface area contributed by atoms with Crippen LogP contribution in [0, 0.1) is 0 Å². The van der Waals surface area contributed by atoms with Crippen molar-refractivity contribution < 1.29 is 5.11 Å². The van der Waals surface area contributed by atoms with Crippen molar-refractivity contribution in [2.75, 3.05) is 0 Å². The average molecular weight is 175 g/mol. The minimum Gasteiger partial charge on any atom is -0.392 e. The van der Waals surface area contributed by atoms with Gasteiger partial charge in [-0.3, -0.25) is 10.1 Å². The van der Waals surface area contributed by atoms with Crippen LogP contribution in [-0.4, -0.2) is 20.3 Å². The molecule has 0 atom stereocenters. The van der Waals surface area contributed by atoms with Crippen molar-refractivity contribution in [1.29, 1.82) is 0 Å². The summed E-state index contributed by atoms with van der Waals surface area (Å²) in [5.41, 5.74) is 2.61. The lowest BCUT2D eigenvalue weighted by Gasteiger charge is -2.02. The fourth-order valence-corrected chi connectivity index (χ4v) is 1.21. The van der Waals surface area contributed by atoms with E-state index in [-0.39, 0.29) is 6.61 Å². The molecule has 0 unspecified atom stereocenters. The topological polar surface area (TPSA) is 61.8 Å². The maximum atomic E-state index is 9.06. The van der Waals surface area contributed by atoms with Crippen LogP contribution in [0.4, 0.5) is 0 Å². The summed E-state index contributed by atoms with van der Waals surface area (Å²) in [6, 6.07) is 3.63. The number of nitrogens with zero attached hydrogens (tertiary/aromatic N) is 2. The van der Waals surface area contributed by atoms with Crippen molar-refractivity contribution in [3.63, 3.8) is 0 Å². The second-order valence-electron chi connectivity index (χ2n) is 2.66. The van der Waals surface area contributed by atoms with E-state index in [2.05, 4.69) is 15.2 Å². The third-order valence-electron chi connectivity index (χ3n) is 1.87. The highest BCUT2D eigenvalue weighted by Gasteiger charge is 2.04. The minimum absolute atomic E-state index is 0.0108. The van der Waals surface area contributed by atoms with E-state index in [9.17, 15) is 0 Å². The predicted octanol–water partition coefficient (Wildman–Crippen LogP) is 0.964. The molecular formula is C9H9N3O. The molecule has 0 amide bonds. The summed E-state index contributed by atoms with van der Waals surface area (Å²) in [5, 5.41) is 15.7. The van der Waals surface area contributed by atoms with Crippen LogP contribution in [0.15, 0.2) is 30.7 Å². The smallest absolute Gasteiger partial charge is 0.0689 e. The molecule has 0 aliphatic carbocycles. The lowest BCUT2D eigenvalue weighted by Crippen LogP contribution is -1.90. The Morgan fingerprint density at radius 2 is 2.23 bits per heavy atom. The molecule has 2 aromatic rings. The van der Waals surface area contributed by atoms with Crippen LogP contribution in [0.3, 0.4) is 0 Å². The van der Waals surface area contributed by atoms with Crippen molar-refractivity contribution in [2.45, 2.75) is 6.61 Å². The number of aromatic nitrogens is 3. The van der Waals surface area contributed by atoms with E-state index < -0.39 is 0 Å². The zero-order valence-electron chi connectivity index (χ0n) is 6.94. The first-order valence-electron chi connectivity index (χ1n) is 3.95. The maximum Gasteiger partial charge on any atom is 0.0689 e. The van der Waals surface area contributed by atoms with Crippen molar-refractivity contribution in [1.82, 2.24) is 15.2 Å². The summed E-state index contributed by atoms with van der Waals surface area (Å²) in [6.07, 6.45) is 5.04. The summed E-state index contributed by atoms with van der Waals surface area (Å²) in [6.45, 7) is 0.0108. The molecule has 0 aliphatic rings. The summed E-state index contributed by atoms with van der Waals surface area (Å²) >= 11 is 0. The van der Waals surface area contributed by atoms with E-state index in [4.69, 9.17) is 5.11 Å². The first kappa shape index (κ1) is 7.94. The van der Waals surface area contributed by atoms with Crippen LogP contribution >= 0.6 is 0 Å².